The van der Waals surface area contributed by atoms with E-state index in [1.807, 2.05) is 42.5 Å². The zero-order valence-electron chi connectivity index (χ0n) is 17.5. The molecule has 6 nitrogen and oxygen atoms in total. The van der Waals surface area contributed by atoms with E-state index in [1.54, 1.807) is 6.07 Å². The Labute approximate surface area is 178 Å². The first-order valence-corrected chi connectivity index (χ1v) is 11.1. The molecule has 0 unspecified atom stereocenters. The number of hydrogen-bond donors (Lipinski definition) is 3. The summed E-state index contributed by atoms with van der Waals surface area (Å²) in [4.78, 5) is 20.0. The van der Waals surface area contributed by atoms with Crippen LogP contribution in [-0.2, 0) is 16.9 Å². The van der Waals surface area contributed by atoms with Gasteiger partial charge in [0.15, 0.2) is 5.60 Å². The molecule has 1 aliphatic heterocycles. The Morgan fingerprint density at radius 1 is 1.07 bits per heavy atom. The number of pyridine rings is 1. The average Bonchev–Trinajstić information content (AvgIpc) is 3.31. The van der Waals surface area contributed by atoms with Gasteiger partial charge in [-0.2, -0.15) is 0 Å². The molecule has 4 rings (SSSR count). The maximum atomic E-state index is 13.3. The topological polar surface area (TPSA) is 91.5 Å². The predicted octanol–water partition coefficient (Wildman–Crippen LogP) is 2.82. The summed E-state index contributed by atoms with van der Waals surface area (Å²) in [5.74, 6) is 0.285. The lowest BCUT2D eigenvalue weighted by molar-refractivity contribution is -0.148. The minimum atomic E-state index is -1.44. The summed E-state index contributed by atoms with van der Waals surface area (Å²) in [6.07, 6.45) is 5.66. The Morgan fingerprint density at radius 2 is 1.77 bits per heavy atom. The summed E-state index contributed by atoms with van der Waals surface area (Å²) in [5, 5.41) is 14.8. The maximum absolute atomic E-state index is 13.3. The second-order valence-electron chi connectivity index (χ2n) is 8.69. The number of aromatic nitrogens is 1. The summed E-state index contributed by atoms with van der Waals surface area (Å²) in [5.41, 5.74) is 6.01. The highest BCUT2D eigenvalue weighted by Gasteiger charge is 2.46. The van der Waals surface area contributed by atoms with E-state index in [4.69, 9.17) is 5.73 Å². The predicted molar refractivity (Wildman–Crippen MR) is 117 cm³/mol. The number of amides is 1. The van der Waals surface area contributed by atoms with Gasteiger partial charge in [0.25, 0.3) is 5.91 Å². The van der Waals surface area contributed by atoms with Crippen molar-refractivity contribution in [3.63, 3.8) is 0 Å². The Kier molecular flexibility index (Phi) is 6.35. The fourth-order valence-corrected chi connectivity index (χ4v) is 4.93. The highest BCUT2D eigenvalue weighted by Crippen LogP contribution is 2.41. The van der Waals surface area contributed by atoms with Crippen LogP contribution in [0.2, 0.25) is 0 Å². The van der Waals surface area contributed by atoms with Crippen molar-refractivity contribution < 1.29 is 9.90 Å². The van der Waals surface area contributed by atoms with Crippen LogP contribution in [0.4, 0.5) is 5.82 Å². The van der Waals surface area contributed by atoms with Crippen LogP contribution in [0.1, 0.15) is 49.8 Å². The van der Waals surface area contributed by atoms with Crippen LogP contribution < -0.4 is 11.1 Å². The zero-order chi connectivity index (χ0) is 21.0. The van der Waals surface area contributed by atoms with Crippen LogP contribution in [0, 0.1) is 5.92 Å². The van der Waals surface area contributed by atoms with Gasteiger partial charge in [-0.1, -0.05) is 49.2 Å². The lowest BCUT2D eigenvalue weighted by Gasteiger charge is -2.37. The van der Waals surface area contributed by atoms with Crippen LogP contribution in [0.5, 0.6) is 0 Å². The number of nitrogens with zero attached hydrogens (tertiary/aromatic N) is 2. The second-order valence-corrected chi connectivity index (χ2v) is 8.69. The molecule has 0 bridgehead atoms. The van der Waals surface area contributed by atoms with Crippen molar-refractivity contribution in [3.05, 3.63) is 59.8 Å². The summed E-state index contributed by atoms with van der Waals surface area (Å²) >= 11 is 0. The molecule has 1 saturated carbocycles. The van der Waals surface area contributed by atoms with Crippen LogP contribution in [0.15, 0.2) is 48.5 Å². The van der Waals surface area contributed by atoms with E-state index in [0.29, 0.717) is 11.4 Å². The molecule has 2 aliphatic rings. The van der Waals surface area contributed by atoms with Gasteiger partial charge in [0, 0.05) is 31.6 Å². The first kappa shape index (κ1) is 20.8. The third-order valence-corrected chi connectivity index (χ3v) is 6.64. The third kappa shape index (κ3) is 4.50. The van der Waals surface area contributed by atoms with Crippen molar-refractivity contribution in [2.24, 2.45) is 5.92 Å². The molecule has 1 amide bonds. The third-order valence-electron chi connectivity index (χ3n) is 6.64. The summed E-state index contributed by atoms with van der Waals surface area (Å²) < 4.78 is 0. The fraction of sp³-hybridized carbons (Fsp3) is 0.500. The van der Waals surface area contributed by atoms with Gasteiger partial charge in [0.2, 0.25) is 0 Å². The van der Waals surface area contributed by atoms with Crippen molar-refractivity contribution in [3.8, 4) is 0 Å². The van der Waals surface area contributed by atoms with Crippen molar-refractivity contribution in [1.29, 1.82) is 0 Å². The van der Waals surface area contributed by atoms with Gasteiger partial charge in [-0.15, -0.1) is 0 Å². The largest absolute Gasteiger partial charge is 0.384 e. The number of hydrogen-bond acceptors (Lipinski definition) is 5. The highest BCUT2D eigenvalue weighted by atomic mass is 16.3. The number of nitrogens with one attached hydrogen (secondary N) is 1. The highest BCUT2D eigenvalue weighted by molar-refractivity contribution is 5.87. The number of benzene rings is 1. The van der Waals surface area contributed by atoms with E-state index < -0.39 is 5.60 Å². The molecule has 160 valence electrons. The van der Waals surface area contributed by atoms with Crippen LogP contribution in [-0.4, -0.2) is 40.0 Å². The Balaban J connectivity index is 1.38. The minimum Gasteiger partial charge on any atom is -0.384 e. The van der Waals surface area contributed by atoms with Gasteiger partial charge in [-0.3, -0.25) is 9.69 Å². The molecule has 1 saturated heterocycles. The molecule has 1 aromatic heterocycles. The number of nitrogens with two attached hydrogens (primary N) is 1. The standard InChI is InChI=1S/C24H32N4O2/c25-22-12-6-11-21(26-22)17-28-15-13-20(14-16-28)27-23(29)24(30,19-9-4-5-10-19)18-7-2-1-3-8-18/h1-3,6-8,11-12,19-20,30H,4-5,9-10,13-17H2,(H2,25,26)(H,27,29)/t24-/m0/s1. The van der Waals surface area contributed by atoms with Gasteiger partial charge >= 0.3 is 0 Å². The summed E-state index contributed by atoms with van der Waals surface area (Å²) in [6, 6.07) is 15.3. The molecule has 6 heteroatoms. The monoisotopic (exact) mass is 408 g/mol. The van der Waals surface area contributed by atoms with Gasteiger partial charge < -0.3 is 16.2 Å². The molecule has 0 radical (unpaired) electrons. The number of anilines is 1. The molecule has 2 fully saturated rings. The van der Waals surface area contributed by atoms with Crippen LogP contribution in [0.25, 0.3) is 0 Å². The van der Waals surface area contributed by atoms with Crippen LogP contribution >= 0.6 is 0 Å². The molecule has 2 heterocycles. The Bertz CT molecular complexity index is 845. The van der Waals surface area contributed by atoms with Crippen molar-refractivity contribution in [2.45, 2.75) is 56.7 Å². The van der Waals surface area contributed by atoms with Crippen molar-refractivity contribution in [1.82, 2.24) is 15.2 Å². The first-order chi connectivity index (χ1) is 14.6. The zero-order valence-corrected chi connectivity index (χ0v) is 17.5. The molecule has 1 atom stereocenters. The normalized spacial score (nSPS) is 20.7. The first-order valence-electron chi connectivity index (χ1n) is 11.1. The molecule has 1 aliphatic carbocycles. The second kappa shape index (κ2) is 9.14. The number of rotatable bonds is 6. The quantitative estimate of drug-likeness (QED) is 0.684. The van der Waals surface area contributed by atoms with Gasteiger partial charge in [0.1, 0.15) is 5.82 Å². The number of carbonyl (C=O) groups excluding carboxylic acids is 1. The number of likely N-dealkylation sites (tertiary alicyclic amines) is 1. The van der Waals surface area contributed by atoms with E-state index >= 15 is 0 Å². The van der Waals surface area contributed by atoms with Crippen molar-refractivity contribution in [2.75, 3.05) is 18.8 Å². The lowest BCUT2D eigenvalue weighted by Crippen LogP contribution is -2.54. The molecule has 30 heavy (non-hydrogen) atoms. The smallest absolute Gasteiger partial charge is 0.257 e. The van der Waals surface area contributed by atoms with Gasteiger partial charge in [-0.25, -0.2) is 4.98 Å². The Morgan fingerprint density at radius 3 is 2.43 bits per heavy atom. The van der Waals surface area contributed by atoms with Crippen molar-refractivity contribution >= 4 is 11.7 Å². The summed E-state index contributed by atoms with van der Waals surface area (Å²) in [7, 11) is 0. The molecule has 0 spiro atoms. The number of aliphatic hydroxyl groups is 1. The van der Waals surface area contributed by atoms with E-state index in [9.17, 15) is 9.90 Å². The van der Waals surface area contributed by atoms with E-state index in [2.05, 4.69) is 15.2 Å². The molecule has 2 aromatic rings. The average molecular weight is 409 g/mol. The fourth-order valence-electron chi connectivity index (χ4n) is 4.93. The lowest BCUT2D eigenvalue weighted by atomic mass is 9.79. The number of piperidine rings is 1. The van der Waals surface area contributed by atoms with Gasteiger partial charge in [-0.05, 0) is 43.4 Å². The maximum Gasteiger partial charge on any atom is 0.257 e. The molecule has 4 N–H and O–H groups in total. The van der Waals surface area contributed by atoms with Gasteiger partial charge in [0.05, 0.1) is 5.69 Å². The van der Waals surface area contributed by atoms with E-state index in [-0.39, 0.29) is 17.9 Å². The minimum absolute atomic E-state index is 0.0189. The van der Waals surface area contributed by atoms with Crippen LogP contribution in [0.3, 0.4) is 0 Å². The van der Waals surface area contributed by atoms with E-state index in [0.717, 1.165) is 63.9 Å². The number of carbonyl (C=O) groups is 1. The SMILES string of the molecule is Nc1cccc(CN2CCC(NC(=O)[C@](O)(c3ccccc3)C3CCCC3)CC2)n1. The Hall–Kier alpha value is -2.44. The molecule has 1 aromatic carbocycles. The summed E-state index contributed by atoms with van der Waals surface area (Å²) in [6.45, 7) is 2.53. The molecular formula is C24H32N4O2. The molecular weight excluding hydrogens is 376 g/mol. The van der Waals surface area contributed by atoms with E-state index in [1.165, 1.54) is 0 Å². The number of nitrogen functional groups attached to an aromatic ring is 1.